The summed E-state index contributed by atoms with van der Waals surface area (Å²) in [6, 6.07) is -5.03. The second-order valence-electron chi connectivity index (χ2n) is 11.6. The SMILES string of the molecule is NCCCC[C@H](N)C(=O)N[C@H](CCCCN)C(=O)N[C@H](CCCCN)C(=O)N[C@H](CCCCN)C(=O)N[C@H](CCCCN)C(=O)O. The van der Waals surface area contributed by atoms with Crippen molar-refractivity contribution >= 4 is 29.6 Å². The van der Waals surface area contributed by atoms with Crippen LogP contribution in [0, 0.1) is 0 Å². The second-order valence-corrected chi connectivity index (χ2v) is 11.6. The molecule has 0 bridgehead atoms. The number of hydrogen-bond donors (Lipinski definition) is 11. The third-order valence-corrected chi connectivity index (χ3v) is 7.61. The first-order chi connectivity index (χ1) is 22.1. The summed E-state index contributed by atoms with van der Waals surface area (Å²) in [6.45, 7) is 2.05. The van der Waals surface area contributed by atoms with Crippen molar-refractivity contribution < 1.29 is 29.1 Å². The van der Waals surface area contributed by atoms with Crippen LogP contribution in [-0.4, -0.2) is 97.6 Å². The molecule has 268 valence electrons. The zero-order chi connectivity index (χ0) is 34.7. The highest BCUT2D eigenvalue weighted by Crippen LogP contribution is 2.09. The third kappa shape index (κ3) is 19.6. The quantitative estimate of drug-likeness (QED) is 0.0388. The molecule has 0 aliphatic carbocycles. The van der Waals surface area contributed by atoms with Gasteiger partial charge in [0, 0.05) is 0 Å². The smallest absolute Gasteiger partial charge is 0.326 e. The predicted molar refractivity (Wildman–Crippen MR) is 178 cm³/mol. The van der Waals surface area contributed by atoms with Crippen LogP contribution in [0.5, 0.6) is 0 Å². The van der Waals surface area contributed by atoms with Gasteiger partial charge in [-0.3, -0.25) is 19.2 Å². The maximum atomic E-state index is 13.6. The molecule has 0 heterocycles. The lowest BCUT2D eigenvalue weighted by atomic mass is 10.0. The molecular formula is C30H62N10O6. The van der Waals surface area contributed by atoms with Crippen molar-refractivity contribution in [2.24, 2.45) is 34.4 Å². The van der Waals surface area contributed by atoms with Crippen LogP contribution in [0.1, 0.15) is 96.3 Å². The molecule has 0 aliphatic rings. The summed E-state index contributed by atoms with van der Waals surface area (Å²) in [4.78, 5) is 64.9. The second kappa shape index (κ2) is 27.2. The van der Waals surface area contributed by atoms with Gasteiger partial charge in [-0.2, -0.15) is 0 Å². The number of carboxylic acids is 1. The van der Waals surface area contributed by atoms with Gasteiger partial charge in [0.25, 0.3) is 0 Å². The van der Waals surface area contributed by atoms with E-state index in [0.717, 1.165) is 6.42 Å². The summed E-state index contributed by atoms with van der Waals surface area (Å²) >= 11 is 0. The summed E-state index contributed by atoms with van der Waals surface area (Å²) in [7, 11) is 0. The van der Waals surface area contributed by atoms with E-state index in [-0.39, 0.29) is 25.7 Å². The van der Waals surface area contributed by atoms with E-state index in [1.165, 1.54) is 0 Å². The van der Waals surface area contributed by atoms with Gasteiger partial charge in [0.15, 0.2) is 0 Å². The number of carbonyl (C=O) groups excluding carboxylic acids is 4. The molecule has 16 heteroatoms. The largest absolute Gasteiger partial charge is 0.480 e. The van der Waals surface area contributed by atoms with Crippen molar-refractivity contribution in [1.29, 1.82) is 0 Å². The molecule has 0 aromatic rings. The summed E-state index contributed by atoms with van der Waals surface area (Å²) in [6.07, 6.45) is 7.21. The fourth-order valence-electron chi connectivity index (χ4n) is 4.77. The van der Waals surface area contributed by atoms with Gasteiger partial charge in [0.05, 0.1) is 6.04 Å². The lowest BCUT2D eigenvalue weighted by Gasteiger charge is -2.26. The number of amides is 4. The zero-order valence-electron chi connectivity index (χ0n) is 27.5. The van der Waals surface area contributed by atoms with Gasteiger partial charge in [0.1, 0.15) is 24.2 Å². The minimum atomic E-state index is -1.19. The number of rotatable bonds is 29. The van der Waals surface area contributed by atoms with E-state index in [2.05, 4.69) is 21.3 Å². The third-order valence-electron chi connectivity index (χ3n) is 7.61. The highest BCUT2D eigenvalue weighted by atomic mass is 16.4. The number of nitrogens with two attached hydrogens (primary N) is 6. The molecule has 0 radical (unpaired) electrons. The number of carbonyl (C=O) groups is 5. The lowest BCUT2D eigenvalue weighted by Crippen LogP contribution is -2.58. The fourth-order valence-corrected chi connectivity index (χ4v) is 4.77. The standard InChI is InChI=1S/C30H62N10O6/c31-16-6-1-11-21(36)26(41)37-22(12-2-7-17-32)27(42)38-23(13-3-8-18-33)28(43)39-24(14-4-9-19-34)29(44)40-25(30(45)46)15-5-10-20-35/h21-25H,1-20,31-36H2,(H,37,41)(H,38,42)(H,39,43)(H,40,44)(H,45,46)/t21-,22+,23+,24+,25+/m0/s1. The first-order valence-corrected chi connectivity index (χ1v) is 16.8. The molecule has 46 heavy (non-hydrogen) atoms. The minimum Gasteiger partial charge on any atom is -0.480 e. The average Bonchev–Trinajstić information content (AvgIpc) is 3.02. The van der Waals surface area contributed by atoms with Crippen LogP contribution in [0.4, 0.5) is 0 Å². The van der Waals surface area contributed by atoms with Crippen LogP contribution in [0.3, 0.4) is 0 Å². The van der Waals surface area contributed by atoms with Crippen LogP contribution in [-0.2, 0) is 24.0 Å². The molecule has 0 unspecified atom stereocenters. The number of carboxylic acid groups (broad SMARTS) is 1. The van der Waals surface area contributed by atoms with Crippen molar-refractivity contribution in [3.05, 3.63) is 0 Å². The van der Waals surface area contributed by atoms with Gasteiger partial charge in [-0.15, -0.1) is 0 Å². The lowest BCUT2D eigenvalue weighted by molar-refractivity contribution is -0.142. The molecule has 0 rings (SSSR count). The van der Waals surface area contributed by atoms with E-state index in [4.69, 9.17) is 34.4 Å². The summed E-state index contributed by atoms with van der Waals surface area (Å²) in [5.74, 6) is -3.49. The molecule has 17 N–H and O–H groups in total. The Hall–Kier alpha value is -2.89. The monoisotopic (exact) mass is 658 g/mol. The molecule has 0 saturated heterocycles. The van der Waals surface area contributed by atoms with Crippen molar-refractivity contribution in [3.8, 4) is 0 Å². The molecule has 4 amide bonds. The Bertz CT molecular complexity index is 881. The number of unbranched alkanes of at least 4 members (excludes halogenated alkanes) is 5. The van der Waals surface area contributed by atoms with E-state index >= 15 is 0 Å². The molecule has 16 nitrogen and oxygen atoms in total. The summed E-state index contributed by atoms with van der Waals surface area (Å²) in [5, 5.41) is 20.3. The summed E-state index contributed by atoms with van der Waals surface area (Å²) in [5.41, 5.74) is 34.0. The first kappa shape index (κ1) is 43.1. The van der Waals surface area contributed by atoms with Crippen molar-refractivity contribution in [3.63, 3.8) is 0 Å². The highest BCUT2D eigenvalue weighted by molar-refractivity contribution is 5.95. The Labute approximate surface area is 273 Å². The minimum absolute atomic E-state index is 0.188. The van der Waals surface area contributed by atoms with Gasteiger partial charge >= 0.3 is 5.97 Å². The van der Waals surface area contributed by atoms with Crippen molar-refractivity contribution in [2.45, 2.75) is 127 Å². The van der Waals surface area contributed by atoms with Crippen LogP contribution in [0.25, 0.3) is 0 Å². The van der Waals surface area contributed by atoms with Crippen LogP contribution >= 0.6 is 0 Å². The van der Waals surface area contributed by atoms with Gasteiger partial charge in [-0.1, -0.05) is 6.42 Å². The Kier molecular flexibility index (Phi) is 25.5. The zero-order valence-corrected chi connectivity index (χ0v) is 27.5. The Balaban J connectivity index is 5.87. The molecule has 0 saturated carbocycles. The fraction of sp³-hybridized carbons (Fsp3) is 0.833. The van der Waals surface area contributed by atoms with Crippen LogP contribution in [0.15, 0.2) is 0 Å². The number of aliphatic carboxylic acids is 1. The van der Waals surface area contributed by atoms with Gasteiger partial charge in [-0.25, -0.2) is 4.79 Å². The normalized spacial score (nSPS) is 14.4. The molecule has 5 atom stereocenters. The van der Waals surface area contributed by atoms with Crippen LogP contribution < -0.4 is 55.7 Å². The number of nitrogens with one attached hydrogen (secondary N) is 4. The molecule has 0 spiro atoms. The topological polar surface area (TPSA) is 310 Å². The molecule has 0 aromatic carbocycles. The van der Waals surface area contributed by atoms with Crippen LogP contribution in [0.2, 0.25) is 0 Å². The predicted octanol–water partition coefficient (Wildman–Crippen LogP) is -2.02. The van der Waals surface area contributed by atoms with E-state index < -0.39 is 59.8 Å². The molecule has 0 aromatic heterocycles. The van der Waals surface area contributed by atoms with Gasteiger partial charge in [-0.05, 0) is 123 Å². The Morgan fingerprint density at radius 3 is 0.978 bits per heavy atom. The maximum absolute atomic E-state index is 13.6. The van der Waals surface area contributed by atoms with Crippen molar-refractivity contribution in [2.75, 3.05) is 32.7 Å². The van der Waals surface area contributed by atoms with Crippen molar-refractivity contribution in [1.82, 2.24) is 21.3 Å². The maximum Gasteiger partial charge on any atom is 0.326 e. The molecule has 0 aliphatic heterocycles. The van der Waals surface area contributed by atoms with E-state index in [9.17, 15) is 29.1 Å². The van der Waals surface area contributed by atoms with E-state index in [1.54, 1.807) is 0 Å². The van der Waals surface area contributed by atoms with E-state index in [1.807, 2.05) is 0 Å². The molecule has 0 fully saturated rings. The Morgan fingerprint density at radius 1 is 0.413 bits per heavy atom. The first-order valence-electron chi connectivity index (χ1n) is 16.8. The van der Waals surface area contributed by atoms with Gasteiger partial charge in [0.2, 0.25) is 23.6 Å². The highest BCUT2D eigenvalue weighted by Gasteiger charge is 2.31. The summed E-state index contributed by atoms with van der Waals surface area (Å²) < 4.78 is 0. The number of hydrogen-bond acceptors (Lipinski definition) is 11. The average molecular weight is 659 g/mol. The Morgan fingerprint density at radius 2 is 0.674 bits per heavy atom. The molecular weight excluding hydrogens is 596 g/mol. The van der Waals surface area contributed by atoms with Gasteiger partial charge < -0.3 is 60.8 Å². The van der Waals surface area contributed by atoms with E-state index in [0.29, 0.717) is 96.9 Å².